The summed E-state index contributed by atoms with van der Waals surface area (Å²) >= 11 is 0. The minimum atomic E-state index is -0.177. The topological polar surface area (TPSA) is 51.4 Å². The molecule has 0 aliphatic carbocycles. The van der Waals surface area contributed by atoms with Gasteiger partial charge in [0.1, 0.15) is 5.78 Å². The maximum Gasteiger partial charge on any atom is 0.174 e. The number of Topliss-reactive ketones (excluding diaryl/α,β-unsaturated/α-hetero) is 2. The highest BCUT2D eigenvalue weighted by molar-refractivity contribution is 6.10. The third-order valence-corrected chi connectivity index (χ3v) is 2.14. The van der Waals surface area contributed by atoms with Crippen LogP contribution in [0.15, 0.2) is 30.6 Å². The fourth-order valence-electron chi connectivity index (χ4n) is 1.47. The molecule has 2 heterocycles. The first kappa shape index (κ1) is 9.58. The molecule has 0 spiro atoms. The van der Waals surface area contributed by atoms with Crippen molar-refractivity contribution in [2.45, 2.75) is 13.3 Å². The van der Waals surface area contributed by atoms with Gasteiger partial charge in [-0.3, -0.25) is 9.59 Å². The Bertz CT molecular complexity index is 528. The van der Waals surface area contributed by atoms with Crippen LogP contribution in [0.4, 0.5) is 0 Å². The number of pyridine rings is 1. The van der Waals surface area contributed by atoms with Crippen LogP contribution in [0.2, 0.25) is 0 Å². The van der Waals surface area contributed by atoms with E-state index in [2.05, 4.69) is 5.10 Å². The lowest BCUT2D eigenvalue weighted by molar-refractivity contribution is -0.116. The summed E-state index contributed by atoms with van der Waals surface area (Å²) in [5.41, 5.74) is 1.24. The van der Waals surface area contributed by atoms with Crippen LogP contribution in [0.5, 0.6) is 0 Å². The lowest BCUT2D eigenvalue weighted by Crippen LogP contribution is -2.04. The molecule has 0 N–H and O–H groups in total. The Balaban J connectivity index is 2.44. The van der Waals surface area contributed by atoms with Crippen LogP contribution in [-0.4, -0.2) is 21.2 Å². The minimum absolute atomic E-state index is 0.0593. The number of aromatic nitrogens is 2. The molecule has 0 saturated heterocycles. The Labute approximate surface area is 86.5 Å². The monoisotopic (exact) mass is 202 g/mol. The molecular weight excluding hydrogens is 192 g/mol. The van der Waals surface area contributed by atoms with E-state index in [-0.39, 0.29) is 18.0 Å². The molecule has 0 aromatic carbocycles. The summed E-state index contributed by atoms with van der Waals surface area (Å²) in [4.78, 5) is 22.5. The van der Waals surface area contributed by atoms with Crippen LogP contribution in [0.25, 0.3) is 5.52 Å². The van der Waals surface area contributed by atoms with Gasteiger partial charge in [0.05, 0.1) is 23.7 Å². The van der Waals surface area contributed by atoms with Gasteiger partial charge in [0.2, 0.25) is 0 Å². The van der Waals surface area contributed by atoms with Gasteiger partial charge in [-0.2, -0.15) is 5.10 Å². The highest BCUT2D eigenvalue weighted by Gasteiger charge is 2.13. The summed E-state index contributed by atoms with van der Waals surface area (Å²) in [5.74, 6) is -0.306. The largest absolute Gasteiger partial charge is 0.300 e. The third kappa shape index (κ3) is 1.79. The van der Waals surface area contributed by atoms with Crippen LogP contribution in [0.3, 0.4) is 0 Å². The summed E-state index contributed by atoms with van der Waals surface area (Å²) in [7, 11) is 0. The highest BCUT2D eigenvalue weighted by Crippen LogP contribution is 2.12. The van der Waals surface area contributed by atoms with Gasteiger partial charge in [0, 0.05) is 6.20 Å². The van der Waals surface area contributed by atoms with Gasteiger partial charge in [-0.1, -0.05) is 6.07 Å². The lowest BCUT2D eigenvalue weighted by Gasteiger charge is -1.95. The number of nitrogens with zero attached hydrogens (tertiary/aromatic N) is 2. The molecule has 0 radical (unpaired) electrons. The summed E-state index contributed by atoms with van der Waals surface area (Å²) in [5, 5.41) is 4.03. The maximum absolute atomic E-state index is 11.7. The number of carbonyl (C=O) groups excluding carboxylic acids is 2. The van der Waals surface area contributed by atoms with Gasteiger partial charge in [0.15, 0.2) is 5.78 Å². The molecule has 0 aliphatic heterocycles. The maximum atomic E-state index is 11.7. The first-order valence-corrected chi connectivity index (χ1v) is 4.63. The van der Waals surface area contributed by atoms with E-state index in [0.717, 1.165) is 5.52 Å². The van der Waals surface area contributed by atoms with E-state index in [4.69, 9.17) is 0 Å². The van der Waals surface area contributed by atoms with Crippen molar-refractivity contribution in [1.29, 1.82) is 0 Å². The number of hydrogen-bond donors (Lipinski definition) is 0. The van der Waals surface area contributed by atoms with E-state index in [0.29, 0.717) is 5.56 Å². The van der Waals surface area contributed by atoms with E-state index in [9.17, 15) is 9.59 Å². The van der Waals surface area contributed by atoms with Crippen molar-refractivity contribution in [2.75, 3.05) is 0 Å². The summed E-state index contributed by atoms with van der Waals surface area (Å²) < 4.78 is 1.62. The number of rotatable bonds is 3. The molecule has 0 bridgehead atoms. The van der Waals surface area contributed by atoms with E-state index in [1.54, 1.807) is 16.8 Å². The van der Waals surface area contributed by atoms with Crippen molar-refractivity contribution in [3.8, 4) is 0 Å². The molecule has 76 valence electrons. The second-order valence-electron chi connectivity index (χ2n) is 3.39. The summed E-state index contributed by atoms with van der Waals surface area (Å²) in [6.45, 7) is 1.41. The Morgan fingerprint density at radius 2 is 2.20 bits per heavy atom. The predicted octanol–water partition coefficient (Wildman–Crippen LogP) is 1.50. The lowest BCUT2D eigenvalue weighted by atomic mass is 10.1. The van der Waals surface area contributed by atoms with Gasteiger partial charge >= 0.3 is 0 Å². The second kappa shape index (κ2) is 3.65. The number of hydrogen-bond acceptors (Lipinski definition) is 3. The molecule has 2 aromatic rings. The van der Waals surface area contributed by atoms with E-state index in [1.165, 1.54) is 13.1 Å². The molecular formula is C11H10N2O2. The van der Waals surface area contributed by atoms with Gasteiger partial charge in [0.25, 0.3) is 0 Å². The molecule has 2 aromatic heterocycles. The molecule has 2 rings (SSSR count). The van der Waals surface area contributed by atoms with Crippen molar-refractivity contribution in [1.82, 2.24) is 9.61 Å². The van der Waals surface area contributed by atoms with Crippen molar-refractivity contribution < 1.29 is 9.59 Å². The fourth-order valence-corrected chi connectivity index (χ4v) is 1.47. The molecule has 0 fully saturated rings. The first-order valence-electron chi connectivity index (χ1n) is 4.63. The zero-order valence-electron chi connectivity index (χ0n) is 8.30. The zero-order valence-corrected chi connectivity index (χ0v) is 8.30. The first-order chi connectivity index (χ1) is 7.18. The molecule has 4 nitrogen and oxygen atoms in total. The van der Waals surface area contributed by atoms with Crippen LogP contribution >= 0.6 is 0 Å². The Morgan fingerprint density at radius 3 is 2.93 bits per heavy atom. The molecule has 15 heavy (non-hydrogen) atoms. The molecule has 0 aliphatic rings. The average Bonchev–Trinajstić information content (AvgIpc) is 2.59. The standard InChI is InChI=1S/C11H10N2O2/c1-8(14)6-11(15)9-7-12-13-5-3-2-4-10(9)13/h2-5,7H,6H2,1H3. The SMILES string of the molecule is CC(=O)CC(=O)c1cnn2ccccc12. The number of ketones is 2. The predicted molar refractivity (Wildman–Crippen MR) is 54.8 cm³/mol. The Morgan fingerprint density at radius 1 is 1.40 bits per heavy atom. The van der Waals surface area contributed by atoms with Gasteiger partial charge in [-0.05, 0) is 19.1 Å². The zero-order chi connectivity index (χ0) is 10.8. The average molecular weight is 202 g/mol. The Hall–Kier alpha value is -1.97. The van der Waals surface area contributed by atoms with Crippen LogP contribution in [-0.2, 0) is 4.79 Å². The second-order valence-corrected chi connectivity index (χ2v) is 3.39. The van der Waals surface area contributed by atoms with Crippen LogP contribution in [0, 0.1) is 0 Å². The van der Waals surface area contributed by atoms with Crippen molar-refractivity contribution in [2.24, 2.45) is 0 Å². The van der Waals surface area contributed by atoms with Gasteiger partial charge < -0.3 is 0 Å². The smallest absolute Gasteiger partial charge is 0.174 e. The van der Waals surface area contributed by atoms with E-state index in [1.807, 2.05) is 12.1 Å². The Kier molecular flexibility index (Phi) is 2.33. The number of carbonyl (C=O) groups is 2. The van der Waals surface area contributed by atoms with Crippen LogP contribution < -0.4 is 0 Å². The quantitative estimate of drug-likeness (QED) is 0.559. The van der Waals surface area contributed by atoms with Crippen molar-refractivity contribution in [3.63, 3.8) is 0 Å². The number of fused-ring (bicyclic) bond motifs is 1. The summed E-state index contributed by atoms with van der Waals surface area (Å²) in [6, 6.07) is 5.47. The van der Waals surface area contributed by atoms with Crippen molar-refractivity contribution in [3.05, 3.63) is 36.2 Å². The normalized spacial score (nSPS) is 10.5. The van der Waals surface area contributed by atoms with Gasteiger partial charge in [-0.25, -0.2) is 4.52 Å². The van der Waals surface area contributed by atoms with Crippen LogP contribution in [0.1, 0.15) is 23.7 Å². The van der Waals surface area contributed by atoms with E-state index < -0.39 is 0 Å². The van der Waals surface area contributed by atoms with E-state index >= 15 is 0 Å². The molecule has 0 atom stereocenters. The molecule has 0 saturated carbocycles. The molecule has 0 unspecified atom stereocenters. The van der Waals surface area contributed by atoms with Gasteiger partial charge in [-0.15, -0.1) is 0 Å². The molecule has 4 heteroatoms. The highest BCUT2D eigenvalue weighted by atomic mass is 16.1. The van der Waals surface area contributed by atoms with Crippen molar-refractivity contribution >= 4 is 17.1 Å². The summed E-state index contributed by atoms with van der Waals surface area (Å²) in [6.07, 6.45) is 3.21. The third-order valence-electron chi connectivity index (χ3n) is 2.14. The minimum Gasteiger partial charge on any atom is -0.300 e. The molecule has 0 amide bonds. The fraction of sp³-hybridized carbons (Fsp3) is 0.182.